The molecule has 0 bridgehead atoms. The van der Waals surface area contributed by atoms with Crippen molar-refractivity contribution in [1.82, 2.24) is 15.2 Å². The Morgan fingerprint density at radius 2 is 1.75 bits per heavy atom. The Bertz CT molecular complexity index is 442. The number of aromatic nitrogens is 1. The molecule has 0 aliphatic carbocycles. The summed E-state index contributed by atoms with van der Waals surface area (Å²) in [5, 5.41) is 3.45. The molecule has 0 aromatic carbocycles. The maximum atomic E-state index is 12.9. The number of alkyl halides is 3. The first-order valence-electron chi connectivity index (χ1n) is 6.19. The lowest BCUT2D eigenvalue weighted by Crippen LogP contribution is -2.46. The minimum Gasteiger partial charge on any atom is -0.314 e. The van der Waals surface area contributed by atoms with Gasteiger partial charge in [0.25, 0.3) is 0 Å². The Labute approximate surface area is 125 Å². The molecule has 1 aliphatic rings. The highest BCUT2D eigenvalue weighted by atomic mass is 35.5. The van der Waals surface area contributed by atoms with Crippen LogP contribution in [0.3, 0.4) is 0 Å². The second kappa shape index (κ2) is 6.47. The van der Waals surface area contributed by atoms with E-state index in [9.17, 15) is 13.2 Å². The lowest BCUT2D eigenvalue weighted by molar-refractivity contribution is -0.148. The molecule has 0 saturated carbocycles. The average Bonchev–Trinajstić information content (AvgIpc) is 2.37. The number of rotatable bonds is 3. The molecular weight excluding hydrogens is 314 g/mol. The van der Waals surface area contributed by atoms with Crippen molar-refractivity contribution in [2.75, 3.05) is 26.2 Å². The first-order valence-corrected chi connectivity index (χ1v) is 6.94. The second-order valence-electron chi connectivity index (χ2n) is 4.64. The topological polar surface area (TPSA) is 28.2 Å². The second-order valence-corrected chi connectivity index (χ2v) is 5.45. The summed E-state index contributed by atoms with van der Waals surface area (Å²) >= 11 is 12.0. The number of piperazine rings is 1. The van der Waals surface area contributed by atoms with Gasteiger partial charge in [0.15, 0.2) is 0 Å². The van der Waals surface area contributed by atoms with E-state index in [0.717, 1.165) is 0 Å². The summed E-state index contributed by atoms with van der Waals surface area (Å²) in [5.74, 6) is 0. The molecule has 1 aliphatic heterocycles. The molecule has 2 rings (SSSR count). The van der Waals surface area contributed by atoms with Crippen molar-refractivity contribution in [1.29, 1.82) is 0 Å². The molecule has 1 saturated heterocycles. The fourth-order valence-corrected chi connectivity index (χ4v) is 2.98. The maximum Gasteiger partial charge on any atom is 0.390 e. The van der Waals surface area contributed by atoms with E-state index in [-0.39, 0.29) is 10.0 Å². The molecule has 0 radical (unpaired) electrons. The van der Waals surface area contributed by atoms with Crippen molar-refractivity contribution in [3.63, 3.8) is 0 Å². The van der Waals surface area contributed by atoms with Crippen LogP contribution in [-0.4, -0.2) is 42.2 Å². The van der Waals surface area contributed by atoms with Crippen molar-refractivity contribution < 1.29 is 13.2 Å². The maximum absolute atomic E-state index is 12.9. The van der Waals surface area contributed by atoms with E-state index in [0.29, 0.717) is 31.7 Å². The molecule has 1 atom stereocenters. The number of hydrogen-bond acceptors (Lipinski definition) is 3. The van der Waals surface area contributed by atoms with Gasteiger partial charge in [-0.05, 0) is 0 Å². The molecule has 0 spiro atoms. The number of nitrogens with one attached hydrogen (secondary N) is 1. The van der Waals surface area contributed by atoms with E-state index in [1.54, 1.807) is 4.90 Å². The van der Waals surface area contributed by atoms with Crippen molar-refractivity contribution in [3.8, 4) is 0 Å². The van der Waals surface area contributed by atoms with Crippen molar-refractivity contribution in [2.45, 2.75) is 18.6 Å². The molecule has 0 amide bonds. The van der Waals surface area contributed by atoms with E-state index in [2.05, 4.69) is 10.3 Å². The van der Waals surface area contributed by atoms with Crippen LogP contribution in [0, 0.1) is 0 Å². The van der Waals surface area contributed by atoms with Crippen molar-refractivity contribution >= 4 is 23.2 Å². The van der Waals surface area contributed by atoms with Crippen molar-refractivity contribution in [3.05, 3.63) is 28.0 Å². The van der Waals surface area contributed by atoms with E-state index >= 15 is 0 Å². The van der Waals surface area contributed by atoms with Crippen LogP contribution < -0.4 is 5.32 Å². The fourth-order valence-electron chi connectivity index (χ4n) is 2.37. The van der Waals surface area contributed by atoms with Gasteiger partial charge in [-0.1, -0.05) is 23.2 Å². The van der Waals surface area contributed by atoms with Gasteiger partial charge in [0.1, 0.15) is 0 Å². The van der Waals surface area contributed by atoms with Crippen LogP contribution >= 0.6 is 23.2 Å². The van der Waals surface area contributed by atoms with Gasteiger partial charge in [-0.15, -0.1) is 0 Å². The quantitative estimate of drug-likeness (QED) is 0.923. The van der Waals surface area contributed by atoms with Gasteiger partial charge in [-0.3, -0.25) is 9.88 Å². The predicted octanol–water partition coefficient (Wildman–Crippen LogP) is 3.29. The zero-order valence-corrected chi connectivity index (χ0v) is 12.1. The summed E-state index contributed by atoms with van der Waals surface area (Å²) in [6.07, 6.45) is -2.61. The largest absolute Gasteiger partial charge is 0.390 e. The third-order valence-electron chi connectivity index (χ3n) is 3.24. The lowest BCUT2D eigenvalue weighted by atomic mass is 10.0. The zero-order chi connectivity index (χ0) is 14.8. The van der Waals surface area contributed by atoms with Crippen LogP contribution in [0.1, 0.15) is 18.0 Å². The number of nitrogens with zero attached hydrogens (tertiary/aromatic N) is 2. The van der Waals surface area contributed by atoms with E-state index in [1.807, 2.05) is 0 Å². The van der Waals surface area contributed by atoms with E-state index in [1.165, 1.54) is 12.4 Å². The Balaban J connectivity index is 2.34. The molecule has 1 N–H and O–H groups in total. The molecule has 0 unspecified atom stereocenters. The fraction of sp³-hybridized carbons (Fsp3) is 0.583. The summed E-state index contributed by atoms with van der Waals surface area (Å²) < 4.78 is 38.6. The summed E-state index contributed by atoms with van der Waals surface area (Å²) in [4.78, 5) is 5.55. The van der Waals surface area contributed by atoms with Gasteiger partial charge in [-0.2, -0.15) is 13.2 Å². The SMILES string of the molecule is FC(F)(F)C[C@H](c1c(Cl)cncc1Cl)N1CCNCC1. The van der Waals surface area contributed by atoms with Gasteiger partial charge in [0, 0.05) is 50.2 Å². The summed E-state index contributed by atoms with van der Waals surface area (Å²) in [6.45, 7) is 2.34. The van der Waals surface area contributed by atoms with Crippen LogP contribution in [-0.2, 0) is 0 Å². The number of pyridine rings is 1. The van der Waals surface area contributed by atoms with Crippen LogP contribution in [0.2, 0.25) is 10.0 Å². The predicted molar refractivity (Wildman–Crippen MR) is 72.1 cm³/mol. The number of halogens is 5. The molecule has 1 fully saturated rings. The van der Waals surface area contributed by atoms with E-state index in [4.69, 9.17) is 23.2 Å². The molecule has 3 nitrogen and oxygen atoms in total. The van der Waals surface area contributed by atoms with Crippen LogP contribution in [0.25, 0.3) is 0 Å². The van der Waals surface area contributed by atoms with Gasteiger partial charge < -0.3 is 5.32 Å². The van der Waals surface area contributed by atoms with Gasteiger partial charge in [0.2, 0.25) is 0 Å². The average molecular weight is 328 g/mol. The lowest BCUT2D eigenvalue weighted by Gasteiger charge is -2.36. The Morgan fingerprint density at radius 3 is 2.25 bits per heavy atom. The molecular formula is C12H14Cl2F3N3. The normalized spacial score (nSPS) is 19.1. The number of hydrogen-bond donors (Lipinski definition) is 1. The van der Waals surface area contributed by atoms with Gasteiger partial charge >= 0.3 is 6.18 Å². The molecule has 2 heterocycles. The summed E-state index contributed by atoms with van der Waals surface area (Å²) in [6, 6.07) is -0.875. The minimum absolute atomic E-state index is 0.172. The Hall–Kier alpha value is -0.560. The summed E-state index contributed by atoms with van der Waals surface area (Å²) in [7, 11) is 0. The molecule has 112 valence electrons. The first kappa shape index (κ1) is 15.8. The van der Waals surface area contributed by atoms with Crippen LogP contribution in [0.15, 0.2) is 12.4 Å². The minimum atomic E-state index is -4.29. The summed E-state index contributed by atoms with van der Waals surface area (Å²) in [5.41, 5.74) is 0.308. The smallest absolute Gasteiger partial charge is 0.314 e. The highest BCUT2D eigenvalue weighted by Crippen LogP contribution is 2.39. The highest BCUT2D eigenvalue weighted by molar-refractivity contribution is 6.35. The standard InChI is InChI=1S/C12H14Cl2F3N3/c13-8-6-19-7-9(14)11(8)10(5-12(15,16)17)20-3-1-18-2-4-20/h6-7,10,18H,1-5H2/t10-/m1/s1. The Kier molecular flexibility index (Phi) is 5.12. The third kappa shape index (κ3) is 3.97. The monoisotopic (exact) mass is 327 g/mol. The molecule has 1 aromatic heterocycles. The first-order chi connectivity index (χ1) is 9.38. The third-order valence-corrected chi connectivity index (χ3v) is 3.84. The highest BCUT2D eigenvalue weighted by Gasteiger charge is 2.37. The van der Waals surface area contributed by atoms with Gasteiger partial charge in [0.05, 0.1) is 16.5 Å². The molecule has 1 aromatic rings. The van der Waals surface area contributed by atoms with Crippen molar-refractivity contribution in [2.24, 2.45) is 0 Å². The van der Waals surface area contributed by atoms with Gasteiger partial charge in [-0.25, -0.2) is 0 Å². The Morgan fingerprint density at radius 1 is 1.20 bits per heavy atom. The molecule has 8 heteroatoms. The zero-order valence-electron chi connectivity index (χ0n) is 10.6. The molecule has 20 heavy (non-hydrogen) atoms. The van der Waals surface area contributed by atoms with Crippen LogP contribution in [0.4, 0.5) is 13.2 Å². The van der Waals surface area contributed by atoms with Crippen LogP contribution in [0.5, 0.6) is 0 Å². The van der Waals surface area contributed by atoms with E-state index < -0.39 is 18.6 Å².